The Balaban J connectivity index is 2.14. The lowest BCUT2D eigenvalue weighted by molar-refractivity contribution is -0.384. The molecule has 0 spiro atoms. The normalized spacial score (nSPS) is 10.8. The maximum atomic E-state index is 12.1. The van der Waals surface area contributed by atoms with Crippen LogP contribution in [-0.2, 0) is 11.3 Å². The van der Waals surface area contributed by atoms with Crippen molar-refractivity contribution in [2.24, 2.45) is 0 Å². The van der Waals surface area contributed by atoms with Gasteiger partial charge >= 0.3 is 0 Å². The third kappa shape index (κ3) is 4.41. The number of amides is 1. The highest BCUT2D eigenvalue weighted by atomic mass is 35.5. The predicted octanol–water partition coefficient (Wildman–Crippen LogP) is 3.47. The van der Waals surface area contributed by atoms with Crippen molar-refractivity contribution >= 4 is 29.3 Å². The number of nitrogens with one attached hydrogen (secondary N) is 1. The Bertz CT molecular complexity index is 842. The van der Waals surface area contributed by atoms with Gasteiger partial charge in [-0.15, -0.1) is 0 Å². The van der Waals surface area contributed by atoms with Crippen LogP contribution in [0, 0.1) is 21.4 Å². The van der Waals surface area contributed by atoms with E-state index >= 15 is 0 Å². The maximum Gasteiger partial charge on any atom is 0.287 e. The fourth-order valence-corrected chi connectivity index (χ4v) is 2.21. The summed E-state index contributed by atoms with van der Waals surface area (Å²) in [5.41, 5.74) is 0.982. The van der Waals surface area contributed by atoms with Crippen molar-refractivity contribution in [2.45, 2.75) is 6.54 Å². The van der Waals surface area contributed by atoms with Crippen molar-refractivity contribution < 1.29 is 9.72 Å². The number of nitro benzene ring substituents is 1. The molecule has 0 radical (unpaired) electrons. The van der Waals surface area contributed by atoms with E-state index in [2.05, 4.69) is 5.32 Å². The number of nitriles is 1. The number of hydrogen-bond donors (Lipinski definition) is 1. The smallest absolute Gasteiger partial charge is 0.287 e. The van der Waals surface area contributed by atoms with E-state index in [1.165, 1.54) is 24.3 Å². The summed E-state index contributed by atoms with van der Waals surface area (Å²) in [6, 6.07) is 15.1. The first-order valence-corrected chi connectivity index (χ1v) is 7.27. The summed E-state index contributed by atoms with van der Waals surface area (Å²) in [6.07, 6.45) is 1.33. The van der Waals surface area contributed by atoms with E-state index in [1.807, 2.05) is 36.4 Å². The minimum absolute atomic E-state index is 0.0595. The van der Waals surface area contributed by atoms with Gasteiger partial charge in [0.1, 0.15) is 16.7 Å². The van der Waals surface area contributed by atoms with Gasteiger partial charge in [-0.3, -0.25) is 14.9 Å². The first-order chi connectivity index (χ1) is 11.5. The molecule has 0 aliphatic carbocycles. The van der Waals surface area contributed by atoms with E-state index in [0.29, 0.717) is 12.1 Å². The van der Waals surface area contributed by atoms with Crippen LogP contribution in [0.1, 0.15) is 11.1 Å². The highest BCUT2D eigenvalue weighted by Crippen LogP contribution is 2.25. The van der Waals surface area contributed by atoms with Gasteiger partial charge in [-0.05, 0) is 29.3 Å². The Morgan fingerprint density at radius 2 is 2.00 bits per heavy atom. The molecular formula is C17H12ClN3O3. The van der Waals surface area contributed by atoms with Crippen LogP contribution >= 0.6 is 11.6 Å². The first kappa shape index (κ1) is 17.2. The maximum absolute atomic E-state index is 12.1. The van der Waals surface area contributed by atoms with Gasteiger partial charge in [0.2, 0.25) is 0 Å². The zero-order valence-corrected chi connectivity index (χ0v) is 13.2. The molecule has 0 saturated heterocycles. The van der Waals surface area contributed by atoms with Crippen LogP contribution in [0.4, 0.5) is 5.69 Å². The fraction of sp³-hybridized carbons (Fsp3) is 0.0588. The zero-order chi connectivity index (χ0) is 17.5. The van der Waals surface area contributed by atoms with E-state index < -0.39 is 10.8 Å². The number of nitro groups is 1. The molecule has 7 heteroatoms. The van der Waals surface area contributed by atoms with Gasteiger partial charge in [0.25, 0.3) is 11.6 Å². The summed E-state index contributed by atoms with van der Waals surface area (Å²) < 4.78 is 0. The number of hydrogen-bond acceptors (Lipinski definition) is 4. The Morgan fingerprint density at radius 3 is 2.58 bits per heavy atom. The second-order valence-corrected chi connectivity index (χ2v) is 5.21. The molecule has 2 aromatic rings. The average Bonchev–Trinajstić information content (AvgIpc) is 2.58. The second-order valence-electron chi connectivity index (χ2n) is 4.81. The molecule has 120 valence electrons. The molecule has 0 heterocycles. The number of benzene rings is 2. The van der Waals surface area contributed by atoms with Gasteiger partial charge < -0.3 is 5.32 Å². The summed E-state index contributed by atoms with van der Waals surface area (Å²) >= 11 is 5.82. The highest BCUT2D eigenvalue weighted by Gasteiger charge is 2.13. The quantitative estimate of drug-likeness (QED) is 0.390. The first-order valence-electron chi connectivity index (χ1n) is 6.89. The minimum Gasteiger partial charge on any atom is -0.347 e. The van der Waals surface area contributed by atoms with Crippen molar-refractivity contribution in [3.63, 3.8) is 0 Å². The zero-order valence-electron chi connectivity index (χ0n) is 12.4. The Morgan fingerprint density at radius 1 is 1.29 bits per heavy atom. The number of nitrogens with zero attached hydrogens (tertiary/aromatic N) is 2. The van der Waals surface area contributed by atoms with E-state index in [0.717, 1.165) is 5.56 Å². The predicted molar refractivity (Wildman–Crippen MR) is 90.0 cm³/mol. The van der Waals surface area contributed by atoms with Gasteiger partial charge in [0.15, 0.2) is 0 Å². The molecule has 0 aliphatic rings. The van der Waals surface area contributed by atoms with Crippen molar-refractivity contribution in [1.29, 1.82) is 5.26 Å². The molecule has 1 amide bonds. The summed E-state index contributed by atoms with van der Waals surface area (Å²) in [5.74, 6) is -0.532. The number of carbonyl (C=O) groups is 1. The van der Waals surface area contributed by atoms with Crippen molar-refractivity contribution in [3.05, 3.63) is 80.4 Å². The van der Waals surface area contributed by atoms with Crippen molar-refractivity contribution in [1.82, 2.24) is 5.32 Å². The van der Waals surface area contributed by atoms with Gasteiger partial charge in [-0.2, -0.15) is 5.26 Å². The van der Waals surface area contributed by atoms with Crippen LogP contribution in [0.15, 0.2) is 54.1 Å². The molecule has 0 bridgehead atoms. The van der Waals surface area contributed by atoms with Gasteiger partial charge in [-0.1, -0.05) is 41.9 Å². The van der Waals surface area contributed by atoms with Gasteiger partial charge in [0, 0.05) is 12.6 Å². The van der Waals surface area contributed by atoms with E-state index in [9.17, 15) is 14.9 Å². The summed E-state index contributed by atoms with van der Waals surface area (Å²) in [7, 11) is 0. The number of rotatable bonds is 5. The molecular weight excluding hydrogens is 330 g/mol. The molecule has 2 rings (SSSR count). The molecule has 2 aromatic carbocycles. The highest BCUT2D eigenvalue weighted by molar-refractivity contribution is 6.32. The molecule has 0 aromatic heterocycles. The van der Waals surface area contributed by atoms with Crippen molar-refractivity contribution in [2.75, 3.05) is 0 Å². The summed E-state index contributed by atoms with van der Waals surface area (Å²) in [5, 5.41) is 22.5. The Kier molecular flexibility index (Phi) is 5.66. The van der Waals surface area contributed by atoms with E-state index in [1.54, 1.807) is 0 Å². The third-order valence-electron chi connectivity index (χ3n) is 3.14. The van der Waals surface area contributed by atoms with Gasteiger partial charge in [-0.25, -0.2) is 0 Å². The lowest BCUT2D eigenvalue weighted by atomic mass is 10.1. The molecule has 1 N–H and O–H groups in total. The van der Waals surface area contributed by atoms with Crippen LogP contribution in [-0.4, -0.2) is 10.8 Å². The molecule has 0 fully saturated rings. The van der Waals surface area contributed by atoms with Crippen LogP contribution in [0.5, 0.6) is 0 Å². The number of halogens is 1. The number of carbonyl (C=O) groups excluding carboxylic acids is 1. The van der Waals surface area contributed by atoms with E-state index in [-0.39, 0.29) is 16.3 Å². The fourth-order valence-electron chi connectivity index (χ4n) is 1.95. The molecule has 0 aliphatic heterocycles. The molecule has 0 saturated carbocycles. The van der Waals surface area contributed by atoms with Crippen LogP contribution in [0.2, 0.25) is 5.02 Å². The third-order valence-corrected chi connectivity index (χ3v) is 3.44. The molecule has 6 nitrogen and oxygen atoms in total. The topological polar surface area (TPSA) is 96.0 Å². The minimum atomic E-state index is -0.604. The molecule has 0 unspecified atom stereocenters. The average molecular weight is 342 g/mol. The largest absolute Gasteiger partial charge is 0.347 e. The lowest BCUT2D eigenvalue weighted by Crippen LogP contribution is -2.23. The van der Waals surface area contributed by atoms with Crippen molar-refractivity contribution in [3.8, 4) is 6.07 Å². The Labute approximate surface area is 143 Å². The Hall–Kier alpha value is -3.17. The second kappa shape index (κ2) is 7.90. The van der Waals surface area contributed by atoms with Gasteiger partial charge in [0.05, 0.1) is 4.92 Å². The summed E-state index contributed by atoms with van der Waals surface area (Å²) in [4.78, 5) is 22.2. The SMILES string of the molecule is N#CC(=Cc1ccc([N+](=O)[O-])c(Cl)c1)C(=O)NCc1ccccc1. The summed E-state index contributed by atoms with van der Waals surface area (Å²) in [6.45, 7) is 0.291. The molecule has 24 heavy (non-hydrogen) atoms. The lowest BCUT2D eigenvalue weighted by Gasteiger charge is -2.04. The van der Waals surface area contributed by atoms with Crippen LogP contribution < -0.4 is 5.32 Å². The standard InChI is InChI=1S/C17H12ClN3O3/c18-15-9-13(6-7-16(15)21(23)24)8-14(10-19)17(22)20-11-12-4-2-1-3-5-12/h1-9H,11H2,(H,20,22). The monoisotopic (exact) mass is 341 g/mol. The molecule has 0 atom stereocenters. The van der Waals surface area contributed by atoms with Crippen LogP contribution in [0.3, 0.4) is 0 Å². The van der Waals surface area contributed by atoms with Crippen LogP contribution in [0.25, 0.3) is 6.08 Å². The van der Waals surface area contributed by atoms with E-state index in [4.69, 9.17) is 16.9 Å².